The molecule has 5 nitrogen and oxygen atoms in total. The first-order valence-electron chi connectivity index (χ1n) is 9.00. The minimum atomic E-state index is 0.0775. The van der Waals surface area contributed by atoms with Crippen LogP contribution in [0.3, 0.4) is 0 Å². The van der Waals surface area contributed by atoms with Gasteiger partial charge in [0.05, 0.1) is 12.0 Å². The van der Waals surface area contributed by atoms with Crippen molar-refractivity contribution in [1.82, 2.24) is 10.3 Å². The van der Waals surface area contributed by atoms with Gasteiger partial charge in [-0.1, -0.05) is 29.8 Å². The highest BCUT2D eigenvalue weighted by atomic mass is 16.5. The van der Waals surface area contributed by atoms with E-state index in [9.17, 15) is 4.79 Å². The molecule has 1 heterocycles. The Labute approximate surface area is 154 Å². The summed E-state index contributed by atoms with van der Waals surface area (Å²) in [5.74, 6) is 0.629. The van der Waals surface area contributed by atoms with E-state index in [2.05, 4.69) is 16.4 Å². The molecule has 1 fully saturated rings. The van der Waals surface area contributed by atoms with Gasteiger partial charge in [-0.05, 0) is 44.2 Å². The molecule has 1 amide bonds. The highest BCUT2D eigenvalue weighted by Gasteiger charge is 2.24. The Morgan fingerprint density at radius 3 is 2.73 bits per heavy atom. The van der Waals surface area contributed by atoms with Crippen LogP contribution in [0.15, 0.2) is 42.6 Å². The van der Waals surface area contributed by atoms with E-state index < -0.39 is 0 Å². The first kappa shape index (κ1) is 17.9. The Kier molecular flexibility index (Phi) is 5.85. The summed E-state index contributed by atoms with van der Waals surface area (Å²) >= 11 is 0. The molecule has 1 aliphatic rings. The van der Waals surface area contributed by atoms with E-state index in [0.717, 1.165) is 31.2 Å². The van der Waals surface area contributed by atoms with Gasteiger partial charge in [-0.15, -0.1) is 0 Å². The van der Waals surface area contributed by atoms with Crippen LogP contribution in [-0.2, 0) is 11.2 Å². The summed E-state index contributed by atoms with van der Waals surface area (Å²) in [7, 11) is 0. The van der Waals surface area contributed by atoms with Crippen LogP contribution in [0.1, 0.15) is 42.4 Å². The quantitative estimate of drug-likeness (QED) is 0.898. The van der Waals surface area contributed by atoms with Crippen molar-refractivity contribution in [3.63, 3.8) is 0 Å². The van der Waals surface area contributed by atoms with Crippen LogP contribution in [0.2, 0.25) is 0 Å². The van der Waals surface area contributed by atoms with Gasteiger partial charge in [0, 0.05) is 18.3 Å². The summed E-state index contributed by atoms with van der Waals surface area (Å²) in [4.78, 5) is 16.4. The van der Waals surface area contributed by atoms with Crippen LogP contribution in [0.25, 0.3) is 0 Å². The molecular formula is C21H23N3O2. The van der Waals surface area contributed by atoms with Crippen molar-refractivity contribution >= 4 is 5.91 Å². The number of carbonyl (C=O) groups excluding carboxylic acids is 1. The zero-order chi connectivity index (χ0) is 18.4. The van der Waals surface area contributed by atoms with Crippen LogP contribution in [-0.4, -0.2) is 23.0 Å². The Hall–Kier alpha value is -2.87. The number of ether oxygens (including phenoxy) is 1. The van der Waals surface area contributed by atoms with Crippen LogP contribution >= 0.6 is 0 Å². The predicted molar refractivity (Wildman–Crippen MR) is 98.6 cm³/mol. The first-order chi connectivity index (χ1) is 12.6. The molecule has 3 rings (SSSR count). The number of rotatable bonds is 5. The Morgan fingerprint density at radius 1 is 1.27 bits per heavy atom. The van der Waals surface area contributed by atoms with Crippen molar-refractivity contribution < 1.29 is 9.53 Å². The SMILES string of the molecule is Cc1cccc(CC(=O)NC2CCC(Oc3ccc(C#N)cn3)CC2)c1. The Bertz CT molecular complexity index is 788. The van der Waals surface area contributed by atoms with Gasteiger partial charge in [-0.2, -0.15) is 5.26 Å². The van der Waals surface area contributed by atoms with Crippen LogP contribution in [0, 0.1) is 18.3 Å². The van der Waals surface area contributed by atoms with Crippen molar-refractivity contribution in [2.24, 2.45) is 0 Å². The molecule has 0 spiro atoms. The lowest BCUT2D eigenvalue weighted by atomic mass is 9.92. The first-order valence-corrected chi connectivity index (χ1v) is 9.00. The van der Waals surface area contributed by atoms with E-state index in [1.807, 2.05) is 31.2 Å². The number of aromatic nitrogens is 1. The Morgan fingerprint density at radius 2 is 2.08 bits per heavy atom. The van der Waals surface area contributed by atoms with Gasteiger partial charge in [0.25, 0.3) is 0 Å². The lowest BCUT2D eigenvalue weighted by molar-refractivity contribution is -0.121. The number of nitriles is 1. The summed E-state index contributed by atoms with van der Waals surface area (Å²) in [6.07, 6.45) is 5.63. The fraction of sp³-hybridized carbons (Fsp3) is 0.381. The van der Waals surface area contributed by atoms with Crippen molar-refractivity contribution in [3.05, 3.63) is 59.3 Å². The van der Waals surface area contributed by atoms with Crippen molar-refractivity contribution in [1.29, 1.82) is 5.26 Å². The number of nitrogens with zero attached hydrogens (tertiary/aromatic N) is 2. The van der Waals surface area contributed by atoms with E-state index in [1.165, 1.54) is 11.8 Å². The number of hydrogen-bond donors (Lipinski definition) is 1. The lowest BCUT2D eigenvalue weighted by Gasteiger charge is -2.29. The Balaban J connectivity index is 1.43. The standard InChI is InChI=1S/C21H23N3O2/c1-15-3-2-4-16(11-15)12-20(25)24-18-6-8-19(9-7-18)26-21-10-5-17(13-22)14-23-21/h2-5,10-11,14,18-19H,6-9,12H2,1H3,(H,24,25). The number of amides is 1. The summed E-state index contributed by atoms with van der Waals surface area (Å²) in [6.45, 7) is 2.03. The molecule has 1 N–H and O–H groups in total. The van der Waals surface area contributed by atoms with Crippen molar-refractivity contribution in [2.75, 3.05) is 0 Å². The van der Waals surface area contributed by atoms with Crippen LogP contribution in [0.5, 0.6) is 5.88 Å². The number of benzene rings is 1. The number of nitrogens with one attached hydrogen (secondary N) is 1. The average molecular weight is 349 g/mol. The number of aryl methyl sites for hydroxylation is 1. The fourth-order valence-electron chi connectivity index (χ4n) is 3.30. The molecule has 1 saturated carbocycles. The monoisotopic (exact) mass is 349 g/mol. The van der Waals surface area contributed by atoms with Crippen LogP contribution < -0.4 is 10.1 Å². The van der Waals surface area contributed by atoms with E-state index >= 15 is 0 Å². The normalized spacial score (nSPS) is 19.4. The summed E-state index contributed by atoms with van der Waals surface area (Å²) < 4.78 is 5.88. The fourth-order valence-corrected chi connectivity index (χ4v) is 3.30. The second kappa shape index (κ2) is 8.48. The molecule has 0 bridgehead atoms. The maximum atomic E-state index is 12.2. The summed E-state index contributed by atoms with van der Waals surface area (Å²) in [5, 5.41) is 11.9. The highest BCUT2D eigenvalue weighted by molar-refractivity contribution is 5.78. The van der Waals surface area contributed by atoms with Gasteiger partial charge in [-0.3, -0.25) is 4.79 Å². The molecule has 0 saturated heterocycles. The second-order valence-electron chi connectivity index (χ2n) is 6.82. The molecule has 1 aromatic heterocycles. The molecule has 0 aliphatic heterocycles. The van der Waals surface area contributed by atoms with Gasteiger partial charge in [0.2, 0.25) is 11.8 Å². The smallest absolute Gasteiger partial charge is 0.224 e. The minimum Gasteiger partial charge on any atom is -0.474 e. The number of carbonyl (C=O) groups is 1. The molecule has 1 aliphatic carbocycles. The van der Waals surface area contributed by atoms with Gasteiger partial charge in [0.15, 0.2) is 0 Å². The molecule has 134 valence electrons. The van der Waals surface area contributed by atoms with Crippen molar-refractivity contribution in [3.8, 4) is 11.9 Å². The average Bonchev–Trinajstić information content (AvgIpc) is 2.64. The van der Waals surface area contributed by atoms with Crippen LogP contribution in [0.4, 0.5) is 0 Å². The predicted octanol–water partition coefficient (Wildman–Crippen LogP) is 3.31. The topological polar surface area (TPSA) is 75.0 Å². The van der Waals surface area contributed by atoms with E-state index in [4.69, 9.17) is 10.00 Å². The molecule has 2 aromatic rings. The third-order valence-corrected chi connectivity index (χ3v) is 4.64. The third-order valence-electron chi connectivity index (χ3n) is 4.64. The lowest BCUT2D eigenvalue weighted by Crippen LogP contribution is -2.40. The minimum absolute atomic E-state index is 0.0775. The largest absolute Gasteiger partial charge is 0.474 e. The molecule has 26 heavy (non-hydrogen) atoms. The number of pyridine rings is 1. The molecule has 1 aromatic carbocycles. The molecule has 0 atom stereocenters. The van der Waals surface area contributed by atoms with E-state index in [1.54, 1.807) is 12.1 Å². The van der Waals surface area contributed by atoms with Gasteiger partial charge >= 0.3 is 0 Å². The summed E-state index contributed by atoms with van der Waals surface area (Å²) in [6, 6.07) is 13.7. The van der Waals surface area contributed by atoms with Gasteiger partial charge < -0.3 is 10.1 Å². The molecule has 0 radical (unpaired) electrons. The highest BCUT2D eigenvalue weighted by Crippen LogP contribution is 2.23. The molecular weight excluding hydrogens is 326 g/mol. The van der Waals surface area contributed by atoms with Crippen molar-refractivity contribution in [2.45, 2.75) is 51.2 Å². The van der Waals surface area contributed by atoms with Gasteiger partial charge in [0.1, 0.15) is 12.2 Å². The second-order valence-corrected chi connectivity index (χ2v) is 6.82. The number of hydrogen-bond acceptors (Lipinski definition) is 4. The maximum Gasteiger partial charge on any atom is 0.224 e. The zero-order valence-corrected chi connectivity index (χ0v) is 14.9. The van der Waals surface area contributed by atoms with E-state index in [-0.39, 0.29) is 18.1 Å². The van der Waals surface area contributed by atoms with E-state index in [0.29, 0.717) is 17.9 Å². The maximum absolute atomic E-state index is 12.2. The molecule has 0 unspecified atom stereocenters. The van der Waals surface area contributed by atoms with Gasteiger partial charge in [-0.25, -0.2) is 4.98 Å². The zero-order valence-electron chi connectivity index (χ0n) is 14.9. The summed E-state index contributed by atoms with van der Waals surface area (Å²) in [5.41, 5.74) is 2.74. The third kappa shape index (κ3) is 5.06. The molecule has 5 heteroatoms.